The molecule has 2 aromatic rings. The second-order valence-corrected chi connectivity index (χ2v) is 8.09. The van der Waals surface area contributed by atoms with Crippen molar-refractivity contribution < 1.29 is 14.3 Å². The Labute approximate surface area is 161 Å². The number of ketones is 1. The average Bonchev–Trinajstić information content (AvgIpc) is 2.87. The summed E-state index contributed by atoms with van der Waals surface area (Å²) in [5, 5.41) is 0. The van der Waals surface area contributed by atoms with Crippen molar-refractivity contribution in [2.75, 3.05) is 18.1 Å². The number of anilines is 1. The Hall–Kier alpha value is -2.62. The van der Waals surface area contributed by atoms with Crippen LogP contribution in [-0.2, 0) is 10.2 Å². The van der Waals surface area contributed by atoms with Gasteiger partial charge in [-0.1, -0.05) is 45.0 Å². The maximum Gasteiger partial charge on any atom is 0.299 e. The fourth-order valence-electron chi connectivity index (χ4n) is 3.37. The van der Waals surface area contributed by atoms with Gasteiger partial charge in [-0.2, -0.15) is 0 Å². The van der Waals surface area contributed by atoms with Gasteiger partial charge >= 0.3 is 0 Å². The second kappa shape index (κ2) is 7.55. The number of hydrogen-bond donors (Lipinski definition) is 0. The molecule has 4 heteroatoms. The number of hydrogen-bond acceptors (Lipinski definition) is 3. The van der Waals surface area contributed by atoms with Crippen molar-refractivity contribution in [2.45, 2.75) is 46.0 Å². The van der Waals surface area contributed by atoms with Crippen LogP contribution in [0.5, 0.6) is 5.75 Å². The van der Waals surface area contributed by atoms with E-state index in [4.69, 9.17) is 4.74 Å². The summed E-state index contributed by atoms with van der Waals surface area (Å²) in [4.78, 5) is 26.0. The molecule has 0 unspecified atom stereocenters. The number of carbonyl (C=O) groups is 2. The van der Waals surface area contributed by atoms with E-state index < -0.39 is 11.7 Å². The normalized spacial score (nSPS) is 13.9. The Bertz CT molecular complexity index is 847. The van der Waals surface area contributed by atoms with Gasteiger partial charge in [0.1, 0.15) is 5.75 Å². The summed E-state index contributed by atoms with van der Waals surface area (Å²) in [6, 6.07) is 13.7. The Kier molecular flexibility index (Phi) is 5.36. The zero-order chi connectivity index (χ0) is 19.6. The Balaban J connectivity index is 1.50. The fourth-order valence-corrected chi connectivity index (χ4v) is 3.37. The lowest BCUT2D eigenvalue weighted by molar-refractivity contribution is -0.114. The summed E-state index contributed by atoms with van der Waals surface area (Å²) >= 11 is 0. The maximum absolute atomic E-state index is 12.3. The van der Waals surface area contributed by atoms with Crippen molar-refractivity contribution in [1.29, 1.82) is 0 Å². The van der Waals surface area contributed by atoms with Gasteiger partial charge in [0.05, 0.1) is 17.9 Å². The highest BCUT2D eigenvalue weighted by Gasteiger charge is 2.36. The largest absolute Gasteiger partial charge is 0.494 e. The number of amides is 1. The predicted molar refractivity (Wildman–Crippen MR) is 108 cm³/mol. The lowest BCUT2D eigenvalue weighted by atomic mass is 9.87. The molecule has 0 spiro atoms. The van der Waals surface area contributed by atoms with E-state index in [-0.39, 0.29) is 5.41 Å². The minimum absolute atomic E-state index is 0.132. The highest BCUT2D eigenvalue weighted by molar-refractivity contribution is 6.52. The molecule has 1 amide bonds. The molecule has 3 rings (SSSR count). The number of rotatable bonds is 6. The van der Waals surface area contributed by atoms with E-state index in [1.165, 1.54) is 5.56 Å². The number of ether oxygens (including phenoxy) is 1. The van der Waals surface area contributed by atoms with Crippen molar-refractivity contribution in [2.24, 2.45) is 0 Å². The van der Waals surface area contributed by atoms with Gasteiger partial charge in [0.25, 0.3) is 11.7 Å². The smallest absolute Gasteiger partial charge is 0.299 e. The molecule has 0 saturated carbocycles. The first-order chi connectivity index (χ1) is 12.8. The van der Waals surface area contributed by atoms with Crippen LogP contribution < -0.4 is 9.64 Å². The third kappa shape index (κ3) is 4.05. The van der Waals surface area contributed by atoms with Gasteiger partial charge in [0, 0.05) is 6.54 Å². The molecule has 1 aliphatic heterocycles. The molecule has 1 heterocycles. The van der Waals surface area contributed by atoms with Gasteiger partial charge in [-0.05, 0) is 54.5 Å². The van der Waals surface area contributed by atoms with Crippen molar-refractivity contribution in [1.82, 2.24) is 0 Å². The third-order valence-corrected chi connectivity index (χ3v) is 4.96. The fraction of sp³-hybridized carbons (Fsp3) is 0.391. The van der Waals surface area contributed by atoms with Crippen LogP contribution in [0.25, 0.3) is 0 Å². The average molecular weight is 365 g/mol. The first-order valence-corrected chi connectivity index (χ1v) is 9.48. The van der Waals surface area contributed by atoms with Crippen LogP contribution in [0.1, 0.15) is 55.1 Å². The first kappa shape index (κ1) is 19.2. The Morgan fingerprint density at radius 3 is 2.33 bits per heavy atom. The molecular formula is C23H27NO3. The number of aryl methyl sites for hydroxylation is 1. The summed E-state index contributed by atoms with van der Waals surface area (Å²) in [7, 11) is 0. The molecule has 142 valence electrons. The van der Waals surface area contributed by atoms with Crippen molar-refractivity contribution >= 4 is 17.4 Å². The topological polar surface area (TPSA) is 46.6 Å². The number of nitrogens with zero attached hydrogens (tertiary/aromatic N) is 1. The molecular weight excluding hydrogens is 338 g/mol. The third-order valence-electron chi connectivity index (χ3n) is 4.96. The summed E-state index contributed by atoms with van der Waals surface area (Å²) in [6.07, 6.45) is 1.60. The molecule has 0 aliphatic carbocycles. The SMILES string of the molecule is Cc1cccc2c1N(CCCCOc1ccc(C(C)(C)C)cc1)C(=O)C2=O. The van der Waals surface area contributed by atoms with Gasteiger partial charge in [-0.3, -0.25) is 9.59 Å². The monoisotopic (exact) mass is 365 g/mol. The van der Waals surface area contributed by atoms with Gasteiger partial charge < -0.3 is 9.64 Å². The molecule has 4 nitrogen and oxygen atoms in total. The molecule has 1 aliphatic rings. The van der Waals surface area contributed by atoms with Crippen molar-refractivity contribution in [3.05, 3.63) is 59.2 Å². The van der Waals surface area contributed by atoms with Crippen LogP contribution in [0.3, 0.4) is 0 Å². The van der Waals surface area contributed by atoms with Gasteiger partial charge in [-0.25, -0.2) is 0 Å². The highest BCUT2D eigenvalue weighted by atomic mass is 16.5. The van der Waals surface area contributed by atoms with Crippen molar-refractivity contribution in [3.8, 4) is 5.75 Å². The quantitative estimate of drug-likeness (QED) is 0.551. The molecule has 0 radical (unpaired) electrons. The van der Waals surface area contributed by atoms with Crippen molar-refractivity contribution in [3.63, 3.8) is 0 Å². The van der Waals surface area contributed by atoms with Crippen LogP contribution in [0, 0.1) is 6.92 Å². The predicted octanol–water partition coefficient (Wildman–Crippen LogP) is 4.68. The molecule has 0 aromatic heterocycles. The highest BCUT2D eigenvalue weighted by Crippen LogP contribution is 2.32. The Morgan fingerprint density at radius 1 is 0.963 bits per heavy atom. The summed E-state index contributed by atoms with van der Waals surface area (Å²) in [5.41, 5.74) is 3.66. The van der Waals surface area contributed by atoms with Crippen LogP contribution in [0.2, 0.25) is 0 Å². The number of benzene rings is 2. The molecule has 27 heavy (non-hydrogen) atoms. The van der Waals surface area contributed by atoms with Gasteiger partial charge in [-0.15, -0.1) is 0 Å². The Morgan fingerprint density at radius 2 is 1.67 bits per heavy atom. The zero-order valence-electron chi connectivity index (χ0n) is 16.5. The minimum Gasteiger partial charge on any atom is -0.494 e. The summed E-state index contributed by atoms with van der Waals surface area (Å²) in [6.45, 7) is 9.62. The lowest BCUT2D eigenvalue weighted by Gasteiger charge is -2.19. The molecule has 0 bridgehead atoms. The number of para-hydroxylation sites is 1. The standard InChI is InChI=1S/C23H27NO3/c1-16-8-7-9-19-20(16)24(22(26)21(19)25)14-5-6-15-27-18-12-10-17(11-13-18)23(2,3)4/h7-13H,5-6,14-15H2,1-4H3. The van der Waals surface area contributed by atoms with Crippen LogP contribution in [-0.4, -0.2) is 24.8 Å². The molecule has 0 atom stereocenters. The summed E-state index contributed by atoms with van der Waals surface area (Å²) < 4.78 is 5.81. The van der Waals surface area contributed by atoms with Gasteiger partial charge in [0.2, 0.25) is 0 Å². The number of unbranched alkanes of at least 4 members (excludes halogenated alkanes) is 1. The van der Waals surface area contributed by atoms with E-state index in [0.29, 0.717) is 18.7 Å². The molecule has 0 N–H and O–H groups in total. The number of Topliss-reactive ketones (excluding diaryl/α,β-unsaturated/α-hetero) is 1. The number of carbonyl (C=O) groups excluding carboxylic acids is 2. The molecule has 0 saturated heterocycles. The van der Waals surface area contributed by atoms with Crippen LogP contribution in [0.4, 0.5) is 5.69 Å². The second-order valence-electron chi connectivity index (χ2n) is 8.09. The number of fused-ring (bicyclic) bond motifs is 1. The van der Waals surface area contributed by atoms with E-state index in [2.05, 4.69) is 32.9 Å². The van der Waals surface area contributed by atoms with Crippen LogP contribution in [0.15, 0.2) is 42.5 Å². The van der Waals surface area contributed by atoms with Crippen LogP contribution >= 0.6 is 0 Å². The first-order valence-electron chi connectivity index (χ1n) is 9.48. The van der Waals surface area contributed by atoms with E-state index >= 15 is 0 Å². The van der Waals surface area contributed by atoms with E-state index in [1.807, 2.05) is 31.2 Å². The molecule has 2 aromatic carbocycles. The van der Waals surface area contributed by atoms with Gasteiger partial charge in [0.15, 0.2) is 0 Å². The maximum atomic E-state index is 12.3. The zero-order valence-corrected chi connectivity index (χ0v) is 16.5. The van der Waals surface area contributed by atoms with E-state index in [1.54, 1.807) is 11.0 Å². The lowest BCUT2D eigenvalue weighted by Crippen LogP contribution is -2.31. The molecule has 0 fully saturated rings. The van der Waals surface area contributed by atoms with E-state index in [0.717, 1.165) is 29.8 Å². The summed E-state index contributed by atoms with van der Waals surface area (Å²) in [5.74, 6) is 0.0403. The van der Waals surface area contributed by atoms with E-state index in [9.17, 15) is 9.59 Å². The minimum atomic E-state index is -0.419.